The number of hydrogen-bond acceptors (Lipinski definition) is 6. The Morgan fingerprint density at radius 1 is 1.34 bits per heavy atom. The smallest absolute Gasteiger partial charge is 0.298 e. The molecule has 4 heterocycles. The van der Waals surface area contributed by atoms with E-state index in [0.29, 0.717) is 22.5 Å². The van der Waals surface area contributed by atoms with E-state index >= 15 is 0 Å². The molecule has 1 amide bonds. The summed E-state index contributed by atoms with van der Waals surface area (Å²) in [5.74, 6) is 1.01. The van der Waals surface area contributed by atoms with Crippen molar-refractivity contribution in [3.8, 4) is 0 Å². The van der Waals surface area contributed by atoms with Crippen molar-refractivity contribution >= 4 is 44.2 Å². The van der Waals surface area contributed by atoms with E-state index in [1.165, 1.54) is 11.3 Å². The normalized spacial score (nSPS) is 13.0. The molecular formula is C20H17ClN6OS. The molecule has 29 heavy (non-hydrogen) atoms. The second-order valence-corrected chi connectivity index (χ2v) is 8.46. The minimum absolute atomic E-state index is 0.211. The van der Waals surface area contributed by atoms with Crippen molar-refractivity contribution in [2.75, 3.05) is 4.90 Å². The standard InChI is InChI=1S/C20H17ClN6OS/c1-12-8-14(21)9-15-17(12)23-20(29-15)27(11-13-4-2-6-22-10-13)19(28)18-25-24-16-5-3-7-26(16)18/h2,4,6,8-10H,3,5,7,11H2,1H3. The van der Waals surface area contributed by atoms with Crippen LogP contribution in [-0.2, 0) is 19.5 Å². The van der Waals surface area contributed by atoms with Crippen LogP contribution in [0.3, 0.4) is 0 Å². The second kappa shape index (κ2) is 7.20. The van der Waals surface area contributed by atoms with E-state index in [1.54, 1.807) is 17.3 Å². The predicted octanol–water partition coefficient (Wildman–Crippen LogP) is 4.04. The first-order valence-corrected chi connectivity index (χ1v) is 10.5. The van der Waals surface area contributed by atoms with E-state index < -0.39 is 0 Å². The van der Waals surface area contributed by atoms with Gasteiger partial charge in [-0.2, -0.15) is 0 Å². The fraction of sp³-hybridized carbons (Fsp3) is 0.250. The number of nitrogens with zero attached hydrogens (tertiary/aromatic N) is 6. The molecule has 0 bridgehead atoms. The number of thiazole rings is 1. The number of benzene rings is 1. The average Bonchev–Trinajstić information content (AvgIpc) is 3.41. The van der Waals surface area contributed by atoms with Crippen LogP contribution in [0.15, 0.2) is 36.7 Å². The number of aryl methyl sites for hydroxylation is 2. The predicted molar refractivity (Wildman–Crippen MR) is 112 cm³/mol. The number of fused-ring (bicyclic) bond motifs is 2. The van der Waals surface area contributed by atoms with Crippen LogP contribution in [0.4, 0.5) is 5.13 Å². The van der Waals surface area contributed by atoms with Gasteiger partial charge in [0, 0.05) is 30.4 Å². The number of carbonyl (C=O) groups excluding carboxylic acids is 1. The molecule has 0 radical (unpaired) electrons. The number of hydrogen-bond donors (Lipinski definition) is 0. The first kappa shape index (κ1) is 18.2. The maximum Gasteiger partial charge on any atom is 0.298 e. The van der Waals surface area contributed by atoms with E-state index in [0.717, 1.165) is 46.6 Å². The highest BCUT2D eigenvalue weighted by Gasteiger charge is 2.29. The molecule has 0 atom stereocenters. The Labute approximate surface area is 176 Å². The fourth-order valence-electron chi connectivity index (χ4n) is 3.59. The zero-order valence-corrected chi connectivity index (χ0v) is 17.2. The summed E-state index contributed by atoms with van der Waals surface area (Å²) in [4.78, 5) is 24.1. The second-order valence-electron chi connectivity index (χ2n) is 7.01. The van der Waals surface area contributed by atoms with Crippen LogP contribution in [-0.4, -0.2) is 30.6 Å². The summed E-state index contributed by atoms with van der Waals surface area (Å²) in [5.41, 5.74) is 2.74. The molecule has 146 valence electrons. The molecule has 9 heteroatoms. The lowest BCUT2D eigenvalue weighted by atomic mass is 10.2. The third kappa shape index (κ3) is 3.28. The van der Waals surface area contributed by atoms with Gasteiger partial charge < -0.3 is 4.57 Å². The Bertz CT molecular complexity index is 1220. The quantitative estimate of drug-likeness (QED) is 0.494. The summed E-state index contributed by atoms with van der Waals surface area (Å²) >= 11 is 7.66. The topological polar surface area (TPSA) is 76.8 Å². The summed E-state index contributed by atoms with van der Waals surface area (Å²) in [5, 5.41) is 9.63. The molecule has 1 aliphatic rings. The largest absolute Gasteiger partial charge is 0.307 e. The van der Waals surface area contributed by atoms with Crippen LogP contribution in [0.1, 0.15) is 34.0 Å². The molecule has 0 aliphatic carbocycles. The zero-order chi connectivity index (χ0) is 20.0. The molecule has 0 unspecified atom stereocenters. The number of amides is 1. The monoisotopic (exact) mass is 424 g/mol. The van der Waals surface area contributed by atoms with Crippen LogP contribution in [0.5, 0.6) is 0 Å². The van der Waals surface area contributed by atoms with Gasteiger partial charge in [-0.25, -0.2) is 4.98 Å². The highest BCUT2D eigenvalue weighted by Crippen LogP contribution is 2.34. The SMILES string of the molecule is Cc1cc(Cl)cc2sc(N(Cc3cccnc3)C(=O)c3nnc4n3CCC4)nc12. The van der Waals surface area contributed by atoms with Gasteiger partial charge in [-0.3, -0.25) is 14.7 Å². The van der Waals surface area contributed by atoms with Gasteiger partial charge in [0.05, 0.1) is 16.8 Å². The molecular weight excluding hydrogens is 408 g/mol. The fourth-order valence-corrected chi connectivity index (χ4v) is 5.01. The van der Waals surface area contributed by atoms with Crippen molar-refractivity contribution < 1.29 is 4.79 Å². The summed E-state index contributed by atoms with van der Waals surface area (Å²) in [7, 11) is 0. The zero-order valence-electron chi connectivity index (χ0n) is 15.7. The molecule has 0 saturated carbocycles. The van der Waals surface area contributed by atoms with Gasteiger partial charge >= 0.3 is 0 Å². The van der Waals surface area contributed by atoms with E-state index in [-0.39, 0.29) is 5.91 Å². The highest BCUT2D eigenvalue weighted by molar-refractivity contribution is 7.22. The Balaban J connectivity index is 1.60. The Hall–Kier alpha value is -2.84. The first-order chi connectivity index (χ1) is 14.1. The average molecular weight is 425 g/mol. The molecule has 1 aromatic carbocycles. The molecule has 5 rings (SSSR count). The van der Waals surface area contributed by atoms with E-state index in [4.69, 9.17) is 16.6 Å². The Morgan fingerprint density at radius 2 is 2.24 bits per heavy atom. The number of aromatic nitrogens is 5. The van der Waals surface area contributed by atoms with Crippen molar-refractivity contribution in [2.24, 2.45) is 0 Å². The Kier molecular flexibility index (Phi) is 4.52. The molecule has 0 N–H and O–H groups in total. The summed E-state index contributed by atoms with van der Waals surface area (Å²) in [6, 6.07) is 7.56. The van der Waals surface area contributed by atoms with Gasteiger partial charge in [0.1, 0.15) is 5.82 Å². The molecule has 0 saturated heterocycles. The summed E-state index contributed by atoms with van der Waals surface area (Å²) in [6.07, 6.45) is 5.29. The maximum atomic E-state index is 13.5. The lowest BCUT2D eigenvalue weighted by molar-refractivity contribution is 0.0970. The van der Waals surface area contributed by atoms with E-state index in [1.807, 2.05) is 35.8 Å². The lowest BCUT2D eigenvalue weighted by Gasteiger charge is -2.19. The van der Waals surface area contributed by atoms with Crippen LogP contribution >= 0.6 is 22.9 Å². The van der Waals surface area contributed by atoms with Crippen LogP contribution in [0.25, 0.3) is 10.2 Å². The number of halogens is 1. The first-order valence-electron chi connectivity index (χ1n) is 9.29. The van der Waals surface area contributed by atoms with Gasteiger partial charge in [-0.05, 0) is 42.7 Å². The van der Waals surface area contributed by atoms with Crippen molar-refractivity contribution in [3.63, 3.8) is 0 Å². The van der Waals surface area contributed by atoms with Crippen LogP contribution in [0, 0.1) is 6.92 Å². The maximum absolute atomic E-state index is 13.5. The van der Waals surface area contributed by atoms with Crippen molar-refractivity contribution in [3.05, 3.63) is 64.5 Å². The van der Waals surface area contributed by atoms with Crippen molar-refractivity contribution in [2.45, 2.75) is 32.9 Å². The lowest BCUT2D eigenvalue weighted by Crippen LogP contribution is -2.32. The third-order valence-electron chi connectivity index (χ3n) is 4.98. The molecule has 3 aromatic heterocycles. The van der Waals surface area contributed by atoms with E-state index in [2.05, 4.69) is 15.2 Å². The van der Waals surface area contributed by atoms with Gasteiger partial charge in [-0.1, -0.05) is 29.0 Å². The van der Waals surface area contributed by atoms with E-state index in [9.17, 15) is 4.79 Å². The number of anilines is 1. The third-order valence-corrected chi connectivity index (χ3v) is 6.22. The molecule has 0 spiro atoms. The van der Waals surface area contributed by atoms with Gasteiger partial charge in [0.2, 0.25) is 5.82 Å². The number of pyridine rings is 1. The minimum atomic E-state index is -0.211. The minimum Gasteiger partial charge on any atom is -0.307 e. The number of rotatable bonds is 4. The van der Waals surface area contributed by atoms with Gasteiger partial charge in [0.25, 0.3) is 5.91 Å². The summed E-state index contributed by atoms with van der Waals surface area (Å²) < 4.78 is 2.86. The van der Waals surface area contributed by atoms with Crippen LogP contribution < -0.4 is 4.90 Å². The summed E-state index contributed by atoms with van der Waals surface area (Å²) in [6.45, 7) is 3.08. The van der Waals surface area contributed by atoms with Crippen molar-refractivity contribution in [1.82, 2.24) is 24.7 Å². The number of carbonyl (C=O) groups is 1. The van der Waals surface area contributed by atoms with Gasteiger partial charge in [0.15, 0.2) is 5.13 Å². The van der Waals surface area contributed by atoms with Crippen molar-refractivity contribution in [1.29, 1.82) is 0 Å². The highest BCUT2D eigenvalue weighted by atomic mass is 35.5. The Morgan fingerprint density at radius 3 is 3.07 bits per heavy atom. The molecule has 1 aliphatic heterocycles. The molecule has 7 nitrogen and oxygen atoms in total. The van der Waals surface area contributed by atoms with Crippen LogP contribution in [0.2, 0.25) is 5.02 Å². The van der Waals surface area contributed by atoms with Gasteiger partial charge in [-0.15, -0.1) is 10.2 Å². The molecule has 4 aromatic rings. The molecule has 0 fully saturated rings.